The average Bonchev–Trinajstić information content (AvgIpc) is 3.02. The maximum Gasteiger partial charge on any atom is 0.417 e. The van der Waals surface area contributed by atoms with Crippen molar-refractivity contribution in [3.8, 4) is 5.88 Å². The van der Waals surface area contributed by atoms with Crippen molar-refractivity contribution in [2.45, 2.75) is 19.6 Å². The van der Waals surface area contributed by atoms with Crippen molar-refractivity contribution < 1.29 is 17.9 Å². The Labute approximate surface area is 166 Å². The van der Waals surface area contributed by atoms with Crippen LogP contribution >= 0.6 is 11.6 Å². The number of hydrogen-bond acceptors (Lipinski definition) is 4. The van der Waals surface area contributed by atoms with Crippen molar-refractivity contribution in [1.82, 2.24) is 25.0 Å². The van der Waals surface area contributed by atoms with Crippen molar-refractivity contribution in [2.75, 3.05) is 26.7 Å². The highest BCUT2D eigenvalue weighted by Gasteiger charge is 2.31. The van der Waals surface area contributed by atoms with Crippen LogP contribution in [0.2, 0.25) is 5.02 Å². The van der Waals surface area contributed by atoms with Crippen LogP contribution in [0.3, 0.4) is 0 Å². The van der Waals surface area contributed by atoms with Crippen LogP contribution in [0.5, 0.6) is 5.88 Å². The van der Waals surface area contributed by atoms with Crippen LogP contribution in [-0.4, -0.2) is 52.4 Å². The van der Waals surface area contributed by atoms with Gasteiger partial charge in [0.1, 0.15) is 11.6 Å². The van der Waals surface area contributed by atoms with Gasteiger partial charge in [-0.05, 0) is 13.0 Å². The van der Waals surface area contributed by atoms with Gasteiger partial charge in [0.25, 0.3) is 0 Å². The molecule has 0 saturated heterocycles. The second-order valence-corrected chi connectivity index (χ2v) is 6.38. The molecule has 28 heavy (non-hydrogen) atoms. The summed E-state index contributed by atoms with van der Waals surface area (Å²) in [6.07, 6.45) is -0.113. The molecule has 0 radical (unpaired) electrons. The normalized spacial score (nSPS) is 12.2. The molecule has 0 atom stereocenters. The van der Waals surface area contributed by atoms with Crippen LogP contribution in [0.25, 0.3) is 0 Å². The van der Waals surface area contributed by atoms with E-state index in [1.807, 2.05) is 32.1 Å². The number of aliphatic imine (C=N–C) groups is 1. The SMILES string of the molecule is CCNC(=NCCOc1ncc(C(F)(F)F)cc1Cl)N(C)Cc1cnn(C)c1. The standard InChI is InChI=1S/C17H22ClF3N6O/c1-4-22-16(26(2)10-12-8-25-27(3)11-12)23-5-6-28-15-14(18)7-13(9-24-15)17(19,20)21/h7-9,11H,4-6,10H2,1-3H3,(H,22,23). The molecule has 0 aliphatic carbocycles. The van der Waals surface area contributed by atoms with Gasteiger partial charge in [-0.1, -0.05) is 11.6 Å². The van der Waals surface area contributed by atoms with Crippen LogP contribution in [0.15, 0.2) is 29.6 Å². The number of aromatic nitrogens is 3. The van der Waals surface area contributed by atoms with Crippen LogP contribution in [0, 0.1) is 0 Å². The number of aryl methyl sites for hydroxylation is 1. The Morgan fingerprint density at radius 1 is 1.39 bits per heavy atom. The summed E-state index contributed by atoms with van der Waals surface area (Å²) in [6.45, 7) is 3.65. The van der Waals surface area contributed by atoms with Gasteiger partial charge < -0.3 is 15.0 Å². The lowest BCUT2D eigenvalue weighted by atomic mass is 10.3. The summed E-state index contributed by atoms with van der Waals surface area (Å²) in [5.74, 6) is 0.611. The van der Waals surface area contributed by atoms with E-state index in [9.17, 15) is 13.2 Å². The van der Waals surface area contributed by atoms with Gasteiger partial charge >= 0.3 is 6.18 Å². The van der Waals surface area contributed by atoms with Crippen LogP contribution in [0.4, 0.5) is 13.2 Å². The maximum absolute atomic E-state index is 12.6. The molecule has 0 spiro atoms. The Morgan fingerprint density at radius 3 is 2.71 bits per heavy atom. The topological polar surface area (TPSA) is 67.6 Å². The molecule has 0 fully saturated rings. The molecule has 154 valence electrons. The molecule has 11 heteroatoms. The zero-order valence-electron chi connectivity index (χ0n) is 15.8. The van der Waals surface area contributed by atoms with Gasteiger partial charge in [-0.25, -0.2) is 9.98 Å². The Morgan fingerprint density at radius 2 is 2.14 bits per heavy atom. The third kappa shape index (κ3) is 6.29. The first kappa shape index (κ1) is 21.8. The minimum absolute atomic E-state index is 0.0569. The van der Waals surface area contributed by atoms with Crippen molar-refractivity contribution in [3.63, 3.8) is 0 Å². The summed E-state index contributed by atoms with van der Waals surface area (Å²) in [5, 5.41) is 7.11. The molecule has 0 amide bonds. The largest absolute Gasteiger partial charge is 0.475 e. The Balaban J connectivity index is 1.93. The fourth-order valence-corrected chi connectivity index (χ4v) is 2.57. The van der Waals surface area contributed by atoms with E-state index >= 15 is 0 Å². The first-order chi connectivity index (χ1) is 13.2. The summed E-state index contributed by atoms with van der Waals surface area (Å²) in [6, 6.07) is 0.791. The van der Waals surface area contributed by atoms with Crippen molar-refractivity contribution in [2.24, 2.45) is 12.0 Å². The van der Waals surface area contributed by atoms with E-state index in [1.54, 1.807) is 10.9 Å². The number of ether oxygens (including phenoxy) is 1. The minimum atomic E-state index is -4.50. The lowest BCUT2D eigenvalue weighted by molar-refractivity contribution is -0.137. The van der Waals surface area contributed by atoms with Gasteiger partial charge in [-0.2, -0.15) is 18.3 Å². The van der Waals surface area contributed by atoms with E-state index in [0.717, 1.165) is 11.6 Å². The number of nitrogens with zero attached hydrogens (tertiary/aromatic N) is 5. The van der Waals surface area contributed by atoms with Crippen molar-refractivity contribution in [3.05, 3.63) is 40.8 Å². The summed E-state index contributed by atoms with van der Waals surface area (Å²) in [5.41, 5.74) is 0.113. The number of alkyl halides is 3. The van der Waals surface area contributed by atoms with E-state index in [0.29, 0.717) is 25.2 Å². The molecule has 7 nitrogen and oxygen atoms in total. The number of hydrogen-bond donors (Lipinski definition) is 1. The van der Waals surface area contributed by atoms with Gasteiger partial charge in [0.2, 0.25) is 5.88 Å². The molecule has 0 saturated carbocycles. The molecular formula is C17H22ClF3N6O. The fourth-order valence-electron chi connectivity index (χ4n) is 2.35. The smallest absolute Gasteiger partial charge is 0.417 e. The zero-order valence-corrected chi connectivity index (χ0v) is 16.5. The number of pyridine rings is 1. The van der Waals surface area contributed by atoms with E-state index < -0.39 is 11.7 Å². The maximum atomic E-state index is 12.6. The third-order valence-electron chi connectivity index (χ3n) is 3.60. The highest BCUT2D eigenvalue weighted by Crippen LogP contribution is 2.32. The molecule has 0 aliphatic rings. The fraction of sp³-hybridized carbons (Fsp3) is 0.471. The van der Waals surface area contributed by atoms with Crippen LogP contribution in [0.1, 0.15) is 18.1 Å². The summed E-state index contributed by atoms with van der Waals surface area (Å²) < 4.78 is 45.0. The van der Waals surface area contributed by atoms with Crippen LogP contribution in [-0.2, 0) is 19.8 Å². The predicted octanol–water partition coefficient (Wildman–Crippen LogP) is 2.96. The third-order valence-corrected chi connectivity index (χ3v) is 3.87. The molecule has 0 bridgehead atoms. The molecule has 2 aromatic heterocycles. The first-order valence-electron chi connectivity index (χ1n) is 8.53. The number of nitrogens with one attached hydrogen (secondary N) is 1. The first-order valence-corrected chi connectivity index (χ1v) is 8.91. The zero-order chi connectivity index (χ0) is 20.7. The molecule has 2 heterocycles. The van der Waals surface area contributed by atoms with Gasteiger partial charge in [-0.3, -0.25) is 4.68 Å². The molecule has 2 rings (SSSR count). The summed E-state index contributed by atoms with van der Waals surface area (Å²) >= 11 is 5.82. The van der Waals surface area contributed by atoms with E-state index in [4.69, 9.17) is 16.3 Å². The Hall–Kier alpha value is -2.49. The summed E-state index contributed by atoms with van der Waals surface area (Å²) in [4.78, 5) is 10.0. The summed E-state index contributed by atoms with van der Waals surface area (Å²) in [7, 11) is 3.74. The van der Waals surface area contributed by atoms with E-state index in [1.165, 1.54) is 0 Å². The van der Waals surface area contributed by atoms with Gasteiger partial charge in [-0.15, -0.1) is 0 Å². The minimum Gasteiger partial charge on any atom is -0.475 e. The van der Waals surface area contributed by atoms with Gasteiger partial charge in [0.05, 0.1) is 18.3 Å². The van der Waals surface area contributed by atoms with E-state index in [2.05, 4.69) is 20.4 Å². The predicted molar refractivity (Wildman–Crippen MR) is 100 cm³/mol. The van der Waals surface area contributed by atoms with E-state index in [-0.39, 0.29) is 24.1 Å². The number of rotatable bonds is 7. The molecular weight excluding hydrogens is 397 g/mol. The quantitative estimate of drug-likeness (QED) is 0.425. The highest BCUT2D eigenvalue weighted by atomic mass is 35.5. The Kier molecular flexibility index (Phi) is 7.50. The molecule has 0 unspecified atom stereocenters. The van der Waals surface area contributed by atoms with Crippen molar-refractivity contribution >= 4 is 17.6 Å². The Bertz CT molecular complexity index is 808. The number of halogens is 4. The molecule has 1 N–H and O–H groups in total. The highest BCUT2D eigenvalue weighted by molar-refractivity contribution is 6.31. The second-order valence-electron chi connectivity index (χ2n) is 5.97. The van der Waals surface area contributed by atoms with Crippen molar-refractivity contribution in [1.29, 1.82) is 0 Å². The molecule has 0 aromatic carbocycles. The van der Waals surface area contributed by atoms with Gasteiger partial charge in [0.15, 0.2) is 5.96 Å². The van der Waals surface area contributed by atoms with Crippen LogP contribution < -0.4 is 10.1 Å². The lowest BCUT2D eigenvalue weighted by Gasteiger charge is -2.21. The number of guanidine groups is 1. The monoisotopic (exact) mass is 418 g/mol. The molecule has 0 aliphatic heterocycles. The second kappa shape index (κ2) is 9.63. The average molecular weight is 419 g/mol. The molecule has 2 aromatic rings. The lowest BCUT2D eigenvalue weighted by Crippen LogP contribution is -2.38. The van der Waals surface area contributed by atoms with Gasteiger partial charge in [0, 0.05) is 45.1 Å².